The number of nitrogens with zero attached hydrogens (tertiary/aromatic N) is 1. The average molecular weight is 503 g/mol. The highest BCUT2D eigenvalue weighted by molar-refractivity contribution is 5.91. The van der Waals surface area contributed by atoms with E-state index in [0.717, 1.165) is 37.0 Å². The second kappa shape index (κ2) is 11.2. The summed E-state index contributed by atoms with van der Waals surface area (Å²) >= 11 is 0. The summed E-state index contributed by atoms with van der Waals surface area (Å²) in [5, 5.41) is 2.87. The van der Waals surface area contributed by atoms with Crippen molar-refractivity contribution in [1.29, 1.82) is 0 Å². The largest absolute Gasteiger partial charge is 0.486 e. The third kappa shape index (κ3) is 5.72. The van der Waals surface area contributed by atoms with Crippen LogP contribution >= 0.6 is 0 Å². The number of amides is 2. The molecule has 1 N–H and O–H groups in total. The van der Waals surface area contributed by atoms with E-state index in [-0.39, 0.29) is 36.3 Å². The van der Waals surface area contributed by atoms with Gasteiger partial charge in [0.15, 0.2) is 5.76 Å². The molecule has 37 heavy (non-hydrogen) atoms. The summed E-state index contributed by atoms with van der Waals surface area (Å²) in [6.45, 7) is 6.11. The molecule has 5 rings (SSSR count). The molecule has 0 saturated carbocycles. The number of ether oxygens (including phenoxy) is 2. The number of carbonyl (C=O) groups is 2. The first-order chi connectivity index (χ1) is 18.0. The van der Waals surface area contributed by atoms with Crippen molar-refractivity contribution < 1.29 is 23.5 Å². The molecule has 7 heteroatoms. The highest BCUT2D eigenvalue weighted by atomic mass is 16.5. The summed E-state index contributed by atoms with van der Waals surface area (Å²) in [5.41, 5.74) is 4.59. The normalized spacial score (nSPS) is 18.9. The van der Waals surface area contributed by atoms with Gasteiger partial charge in [0, 0.05) is 26.1 Å². The summed E-state index contributed by atoms with van der Waals surface area (Å²) in [4.78, 5) is 27.2. The number of aryl methyl sites for hydroxylation is 1. The number of carbonyl (C=O) groups excluding carboxylic acids is 2. The van der Waals surface area contributed by atoms with Crippen LogP contribution < -0.4 is 10.1 Å². The molecule has 0 unspecified atom stereocenters. The highest BCUT2D eigenvalue weighted by Crippen LogP contribution is 2.37. The Bertz CT molecular complexity index is 1240. The minimum Gasteiger partial charge on any atom is -0.486 e. The molecular weight excluding hydrogens is 468 g/mol. The summed E-state index contributed by atoms with van der Waals surface area (Å²) in [6.07, 6.45) is 3.36. The van der Waals surface area contributed by atoms with E-state index in [0.29, 0.717) is 31.0 Å². The van der Waals surface area contributed by atoms with Gasteiger partial charge in [-0.25, -0.2) is 0 Å². The first kappa shape index (κ1) is 25.1. The summed E-state index contributed by atoms with van der Waals surface area (Å²) in [5.74, 6) is 1.41. The third-order valence-corrected chi connectivity index (χ3v) is 7.14. The Labute approximate surface area is 217 Å². The lowest BCUT2D eigenvalue weighted by atomic mass is 9.87. The zero-order valence-corrected chi connectivity index (χ0v) is 21.5. The average Bonchev–Trinajstić information content (AvgIpc) is 3.62. The maximum atomic E-state index is 12.8. The Hall–Kier alpha value is -3.58. The molecule has 2 aliphatic heterocycles. The highest BCUT2D eigenvalue weighted by Gasteiger charge is 2.31. The molecule has 1 saturated heterocycles. The van der Waals surface area contributed by atoms with Gasteiger partial charge in [0.2, 0.25) is 5.91 Å². The van der Waals surface area contributed by atoms with E-state index in [1.54, 1.807) is 12.1 Å². The van der Waals surface area contributed by atoms with Crippen LogP contribution in [0.4, 0.5) is 0 Å². The van der Waals surface area contributed by atoms with Crippen LogP contribution in [0, 0.1) is 6.92 Å². The van der Waals surface area contributed by atoms with Crippen LogP contribution in [0.1, 0.15) is 70.8 Å². The van der Waals surface area contributed by atoms with Crippen molar-refractivity contribution in [3.63, 3.8) is 0 Å². The standard InChI is InChI=1S/C30H34N2O5/c1-3-28(33)32-15-14-21-10-11-23(17-26(21)29(32)22-8-6-20(2)7-9-22)36-19-25-12-13-27(37-25)30(34)31-18-24-5-4-16-35-24/h6-13,17,24,29H,3-5,14-16,18-19H2,1-2H3,(H,31,34)/t24-,29+/m1/s1. The quantitative estimate of drug-likeness (QED) is 0.471. The van der Waals surface area contributed by atoms with Gasteiger partial charge in [-0.3, -0.25) is 9.59 Å². The number of furan rings is 1. The van der Waals surface area contributed by atoms with Crippen molar-refractivity contribution in [3.8, 4) is 5.75 Å². The van der Waals surface area contributed by atoms with Crippen LogP contribution in [0.2, 0.25) is 0 Å². The van der Waals surface area contributed by atoms with Gasteiger partial charge < -0.3 is 24.1 Å². The molecule has 1 fully saturated rings. The summed E-state index contributed by atoms with van der Waals surface area (Å²) < 4.78 is 17.3. The fourth-order valence-electron chi connectivity index (χ4n) is 5.09. The number of nitrogens with one attached hydrogen (secondary N) is 1. The molecular formula is C30H34N2O5. The van der Waals surface area contributed by atoms with Crippen LogP contribution in [-0.2, 0) is 22.6 Å². The second-order valence-corrected chi connectivity index (χ2v) is 9.76. The number of hydrogen-bond donors (Lipinski definition) is 1. The molecule has 2 amide bonds. The third-order valence-electron chi connectivity index (χ3n) is 7.14. The maximum Gasteiger partial charge on any atom is 0.287 e. The van der Waals surface area contributed by atoms with Gasteiger partial charge in [-0.05, 0) is 67.1 Å². The molecule has 194 valence electrons. The van der Waals surface area contributed by atoms with Crippen molar-refractivity contribution in [2.75, 3.05) is 19.7 Å². The Kier molecular flexibility index (Phi) is 7.60. The SMILES string of the molecule is CCC(=O)N1CCc2ccc(OCc3ccc(C(=O)NC[C@H]4CCCO4)o3)cc2[C@@H]1c1ccc(C)cc1. The summed E-state index contributed by atoms with van der Waals surface area (Å²) in [6, 6.07) is 17.7. The van der Waals surface area contributed by atoms with Crippen molar-refractivity contribution >= 4 is 11.8 Å². The number of fused-ring (bicyclic) bond motifs is 1. The Morgan fingerprint density at radius 2 is 1.95 bits per heavy atom. The van der Waals surface area contributed by atoms with Gasteiger partial charge in [-0.1, -0.05) is 42.8 Å². The van der Waals surface area contributed by atoms with Crippen molar-refractivity contribution in [2.24, 2.45) is 0 Å². The smallest absolute Gasteiger partial charge is 0.287 e. The molecule has 7 nitrogen and oxygen atoms in total. The first-order valence-corrected chi connectivity index (χ1v) is 13.1. The number of hydrogen-bond acceptors (Lipinski definition) is 5. The Morgan fingerprint density at radius 3 is 2.70 bits per heavy atom. The summed E-state index contributed by atoms with van der Waals surface area (Å²) in [7, 11) is 0. The lowest BCUT2D eigenvalue weighted by Crippen LogP contribution is -2.40. The van der Waals surface area contributed by atoms with Gasteiger partial charge in [-0.2, -0.15) is 0 Å². The van der Waals surface area contributed by atoms with Gasteiger partial charge >= 0.3 is 0 Å². The predicted molar refractivity (Wildman–Crippen MR) is 140 cm³/mol. The first-order valence-electron chi connectivity index (χ1n) is 13.1. The van der Waals surface area contributed by atoms with Crippen LogP contribution in [0.15, 0.2) is 59.0 Å². The maximum absolute atomic E-state index is 12.8. The molecule has 3 heterocycles. The number of benzene rings is 2. The van der Waals surface area contributed by atoms with E-state index in [1.807, 2.05) is 24.0 Å². The fourth-order valence-corrected chi connectivity index (χ4v) is 5.09. The van der Waals surface area contributed by atoms with E-state index < -0.39 is 0 Å². The van der Waals surface area contributed by atoms with Gasteiger partial charge in [-0.15, -0.1) is 0 Å². The van der Waals surface area contributed by atoms with Crippen LogP contribution in [0.25, 0.3) is 0 Å². The lowest BCUT2D eigenvalue weighted by Gasteiger charge is -2.38. The van der Waals surface area contributed by atoms with E-state index in [4.69, 9.17) is 13.9 Å². The van der Waals surface area contributed by atoms with Crippen LogP contribution in [0.5, 0.6) is 5.75 Å². The molecule has 2 atom stereocenters. The van der Waals surface area contributed by atoms with E-state index >= 15 is 0 Å². The molecule has 0 spiro atoms. The van der Waals surface area contributed by atoms with Gasteiger partial charge in [0.1, 0.15) is 18.1 Å². The Balaban J connectivity index is 1.29. The fraction of sp³-hybridized carbons (Fsp3) is 0.400. The van der Waals surface area contributed by atoms with Crippen molar-refractivity contribution in [1.82, 2.24) is 10.2 Å². The van der Waals surface area contributed by atoms with E-state index in [9.17, 15) is 9.59 Å². The Morgan fingerprint density at radius 1 is 1.11 bits per heavy atom. The molecule has 0 aliphatic carbocycles. The lowest BCUT2D eigenvalue weighted by molar-refractivity contribution is -0.132. The van der Waals surface area contributed by atoms with Crippen molar-refractivity contribution in [3.05, 3.63) is 88.4 Å². The second-order valence-electron chi connectivity index (χ2n) is 9.76. The molecule has 2 aromatic carbocycles. The van der Waals surface area contributed by atoms with E-state index in [1.165, 1.54) is 11.1 Å². The van der Waals surface area contributed by atoms with Crippen molar-refractivity contribution in [2.45, 2.75) is 58.3 Å². The van der Waals surface area contributed by atoms with E-state index in [2.05, 4.69) is 42.6 Å². The minimum absolute atomic E-state index is 0.0815. The van der Waals surface area contributed by atoms with Gasteiger partial charge in [0.05, 0.1) is 12.1 Å². The molecule has 3 aromatic rings. The molecule has 2 aliphatic rings. The molecule has 1 aromatic heterocycles. The zero-order chi connectivity index (χ0) is 25.8. The monoisotopic (exact) mass is 502 g/mol. The van der Waals surface area contributed by atoms with Gasteiger partial charge in [0.25, 0.3) is 5.91 Å². The minimum atomic E-state index is -0.253. The predicted octanol–water partition coefficient (Wildman–Crippen LogP) is 4.96. The number of rotatable bonds is 8. The zero-order valence-electron chi connectivity index (χ0n) is 21.5. The molecule has 0 radical (unpaired) electrons. The molecule has 0 bridgehead atoms. The van der Waals surface area contributed by atoms with Crippen LogP contribution in [0.3, 0.4) is 0 Å². The van der Waals surface area contributed by atoms with Crippen LogP contribution in [-0.4, -0.2) is 42.5 Å². The topological polar surface area (TPSA) is 81.0 Å².